The summed E-state index contributed by atoms with van der Waals surface area (Å²) in [5.74, 6) is 1.84. The van der Waals surface area contributed by atoms with Gasteiger partial charge in [-0.05, 0) is 30.0 Å². The first-order valence-electron chi connectivity index (χ1n) is 6.33. The van der Waals surface area contributed by atoms with Crippen molar-refractivity contribution in [1.29, 1.82) is 0 Å². The van der Waals surface area contributed by atoms with Gasteiger partial charge in [0.2, 0.25) is 0 Å². The molecule has 1 unspecified atom stereocenters. The molecule has 0 saturated carbocycles. The van der Waals surface area contributed by atoms with E-state index in [0.29, 0.717) is 12.0 Å². The lowest BCUT2D eigenvalue weighted by molar-refractivity contribution is 0.442. The maximum absolute atomic E-state index is 4.67. The van der Waals surface area contributed by atoms with Gasteiger partial charge in [-0.3, -0.25) is 4.99 Å². The number of thioether (sulfide) groups is 1. The van der Waals surface area contributed by atoms with Crippen LogP contribution in [0.2, 0.25) is 0 Å². The molecular weight excluding hydrogens is 308 g/mol. The second-order valence-electron chi connectivity index (χ2n) is 4.88. The number of nitrogens with zero attached hydrogens (tertiary/aromatic N) is 1. The Labute approximate surface area is 122 Å². The number of nitrogens with one attached hydrogen (secondary N) is 1. The van der Waals surface area contributed by atoms with E-state index in [-0.39, 0.29) is 0 Å². The van der Waals surface area contributed by atoms with Crippen LogP contribution in [0.4, 0.5) is 0 Å². The van der Waals surface area contributed by atoms with Gasteiger partial charge < -0.3 is 5.32 Å². The number of rotatable bonds is 3. The van der Waals surface area contributed by atoms with Crippen LogP contribution < -0.4 is 5.32 Å². The van der Waals surface area contributed by atoms with Crippen LogP contribution in [0.3, 0.4) is 0 Å². The molecule has 18 heavy (non-hydrogen) atoms. The van der Waals surface area contributed by atoms with Gasteiger partial charge in [0.05, 0.1) is 6.54 Å². The predicted octanol–water partition coefficient (Wildman–Crippen LogP) is 4.06. The molecule has 4 heteroatoms. The molecule has 1 N–H and O–H groups in total. The molecule has 0 aliphatic carbocycles. The third-order valence-corrected chi connectivity index (χ3v) is 4.53. The van der Waals surface area contributed by atoms with E-state index in [0.717, 1.165) is 16.2 Å². The molecule has 0 bridgehead atoms. The monoisotopic (exact) mass is 326 g/mol. The quantitative estimate of drug-likeness (QED) is 0.905. The zero-order chi connectivity index (χ0) is 13.0. The Morgan fingerprint density at radius 3 is 3.06 bits per heavy atom. The summed E-state index contributed by atoms with van der Waals surface area (Å²) in [5, 5.41) is 4.64. The van der Waals surface area contributed by atoms with Crippen LogP contribution in [-0.2, 0) is 6.54 Å². The van der Waals surface area contributed by atoms with Crippen LogP contribution in [0.25, 0.3) is 0 Å². The van der Waals surface area contributed by atoms with Gasteiger partial charge in [0.25, 0.3) is 0 Å². The van der Waals surface area contributed by atoms with Gasteiger partial charge in [-0.25, -0.2) is 0 Å². The second kappa shape index (κ2) is 6.62. The van der Waals surface area contributed by atoms with Crippen molar-refractivity contribution in [2.75, 3.05) is 5.75 Å². The van der Waals surface area contributed by atoms with E-state index in [1.165, 1.54) is 17.7 Å². The van der Waals surface area contributed by atoms with Crippen molar-refractivity contribution in [2.45, 2.75) is 32.9 Å². The molecule has 0 spiro atoms. The SMILES string of the molecule is CC(C)C1CCSC(=NCc2cccc(Br)c2)N1. The van der Waals surface area contributed by atoms with E-state index in [9.17, 15) is 0 Å². The number of aliphatic imine (C=N–C) groups is 1. The molecule has 1 aromatic carbocycles. The van der Waals surface area contributed by atoms with E-state index in [2.05, 4.69) is 58.3 Å². The van der Waals surface area contributed by atoms with E-state index >= 15 is 0 Å². The summed E-state index contributed by atoms with van der Waals surface area (Å²) in [7, 11) is 0. The Hall–Kier alpha value is -0.480. The molecule has 0 aromatic heterocycles. The minimum Gasteiger partial charge on any atom is -0.362 e. The van der Waals surface area contributed by atoms with Crippen LogP contribution >= 0.6 is 27.7 Å². The Morgan fingerprint density at radius 2 is 2.33 bits per heavy atom. The molecule has 2 rings (SSSR count). The van der Waals surface area contributed by atoms with Crippen LogP contribution in [0.5, 0.6) is 0 Å². The van der Waals surface area contributed by atoms with Gasteiger partial charge in [0.1, 0.15) is 0 Å². The fourth-order valence-electron chi connectivity index (χ4n) is 1.94. The van der Waals surface area contributed by atoms with Crippen molar-refractivity contribution >= 4 is 32.9 Å². The maximum atomic E-state index is 4.67. The number of hydrogen-bond donors (Lipinski definition) is 1. The summed E-state index contributed by atoms with van der Waals surface area (Å²) in [6, 6.07) is 8.91. The van der Waals surface area contributed by atoms with Crippen LogP contribution in [-0.4, -0.2) is 17.0 Å². The Morgan fingerprint density at radius 1 is 1.50 bits per heavy atom. The summed E-state index contributed by atoms with van der Waals surface area (Å²) in [6.07, 6.45) is 1.23. The number of amidine groups is 1. The summed E-state index contributed by atoms with van der Waals surface area (Å²) >= 11 is 5.32. The Kier molecular flexibility index (Phi) is 5.13. The normalized spacial score (nSPS) is 22.2. The highest BCUT2D eigenvalue weighted by Gasteiger charge is 2.19. The molecule has 1 aromatic rings. The summed E-state index contributed by atoms with van der Waals surface area (Å²) in [5.41, 5.74) is 1.24. The Balaban J connectivity index is 1.96. The van der Waals surface area contributed by atoms with Crippen LogP contribution in [0.15, 0.2) is 33.7 Å². The van der Waals surface area contributed by atoms with E-state index < -0.39 is 0 Å². The minimum atomic E-state index is 0.576. The van der Waals surface area contributed by atoms with Crippen molar-refractivity contribution in [3.63, 3.8) is 0 Å². The molecule has 98 valence electrons. The molecule has 0 radical (unpaired) electrons. The molecule has 1 atom stereocenters. The standard InChI is InChI=1S/C14H19BrN2S/c1-10(2)13-6-7-18-14(17-13)16-9-11-4-3-5-12(15)8-11/h3-5,8,10,13H,6-7,9H2,1-2H3,(H,16,17). The highest BCUT2D eigenvalue weighted by molar-refractivity contribution is 9.10. The molecule has 1 aliphatic rings. The smallest absolute Gasteiger partial charge is 0.157 e. The first kappa shape index (κ1) is 13.9. The molecule has 1 saturated heterocycles. The first-order valence-corrected chi connectivity index (χ1v) is 8.11. The molecule has 1 fully saturated rings. The average Bonchev–Trinajstić information content (AvgIpc) is 2.37. The summed E-state index contributed by atoms with van der Waals surface area (Å²) in [6.45, 7) is 5.28. The number of benzene rings is 1. The topological polar surface area (TPSA) is 24.4 Å². The first-order chi connectivity index (χ1) is 8.65. The van der Waals surface area contributed by atoms with Gasteiger partial charge in [-0.2, -0.15) is 0 Å². The van der Waals surface area contributed by atoms with E-state index in [4.69, 9.17) is 0 Å². The van der Waals surface area contributed by atoms with Gasteiger partial charge >= 0.3 is 0 Å². The van der Waals surface area contributed by atoms with Crippen molar-refractivity contribution in [3.8, 4) is 0 Å². The van der Waals surface area contributed by atoms with E-state index in [1.807, 2.05) is 17.8 Å². The van der Waals surface area contributed by atoms with Crippen LogP contribution in [0.1, 0.15) is 25.8 Å². The molecule has 1 heterocycles. The number of halogens is 1. The number of hydrogen-bond acceptors (Lipinski definition) is 2. The lowest BCUT2D eigenvalue weighted by Gasteiger charge is -2.28. The minimum absolute atomic E-state index is 0.576. The zero-order valence-electron chi connectivity index (χ0n) is 10.8. The lowest BCUT2D eigenvalue weighted by Crippen LogP contribution is -2.41. The molecular formula is C14H19BrN2S. The fourth-order valence-corrected chi connectivity index (χ4v) is 3.35. The van der Waals surface area contributed by atoms with Crippen LogP contribution in [0, 0.1) is 5.92 Å². The maximum Gasteiger partial charge on any atom is 0.157 e. The largest absolute Gasteiger partial charge is 0.362 e. The van der Waals surface area contributed by atoms with Gasteiger partial charge in [-0.1, -0.05) is 53.7 Å². The highest BCUT2D eigenvalue weighted by atomic mass is 79.9. The third kappa shape index (κ3) is 4.02. The lowest BCUT2D eigenvalue weighted by atomic mass is 10.0. The molecule has 2 nitrogen and oxygen atoms in total. The highest BCUT2D eigenvalue weighted by Crippen LogP contribution is 2.19. The molecule has 0 amide bonds. The van der Waals surface area contributed by atoms with Crippen molar-refractivity contribution in [3.05, 3.63) is 34.3 Å². The zero-order valence-corrected chi connectivity index (χ0v) is 13.2. The average molecular weight is 327 g/mol. The van der Waals surface area contributed by atoms with Crippen molar-refractivity contribution < 1.29 is 0 Å². The Bertz CT molecular complexity index is 432. The third-order valence-electron chi connectivity index (χ3n) is 3.08. The van der Waals surface area contributed by atoms with Gasteiger partial charge in [0, 0.05) is 16.3 Å². The fraction of sp³-hybridized carbons (Fsp3) is 0.500. The summed E-state index contributed by atoms with van der Waals surface area (Å²) in [4.78, 5) is 4.67. The van der Waals surface area contributed by atoms with Gasteiger partial charge in [0.15, 0.2) is 5.17 Å². The molecule has 1 aliphatic heterocycles. The summed E-state index contributed by atoms with van der Waals surface area (Å²) < 4.78 is 1.12. The van der Waals surface area contributed by atoms with Crippen molar-refractivity contribution in [1.82, 2.24) is 5.32 Å². The van der Waals surface area contributed by atoms with Gasteiger partial charge in [-0.15, -0.1) is 0 Å². The predicted molar refractivity (Wildman–Crippen MR) is 84.1 cm³/mol. The van der Waals surface area contributed by atoms with Crippen molar-refractivity contribution in [2.24, 2.45) is 10.9 Å². The second-order valence-corrected chi connectivity index (χ2v) is 6.88. The van der Waals surface area contributed by atoms with E-state index in [1.54, 1.807) is 0 Å².